The molecule has 2 N–H and O–H groups in total. The number of aryl methyl sites for hydroxylation is 1. The normalized spacial score (nSPS) is 28.8. The van der Waals surface area contributed by atoms with Gasteiger partial charge in [0.05, 0.1) is 5.54 Å². The lowest BCUT2D eigenvalue weighted by atomic mass is 9.62. The van der Waals surface area contributed by atoms with Crippen LogP contribution in [0.4, 0.5) is 5.69 Å². The van der Waals surface area contributed by atoms with Gasteiger partial charge in [-0.2, -0.15) is 0 Å². The van der Waals surface area contributed by atoms with Crippen LogP contribution in [0.5, 0.6) is 0 Å². The first kappa shape index (κ1) is 14.9. The maximum atomic E-state index is 6.41. The van der Waals surface area contributed by atoms with Gasteiger partial charge < -0.3 is 10.6 Å². The number of nitrogens with two attached hydrogens (primary N) is 1. The van der Waals surface area contributed by atoms with E-state index in [0.29, 0.717) is 0 Å². The molecule has 21 heavy (non-hydrogen) atoms. The molecule has 0 amide bonds. The zero-order valence-electron chi connectivity index (χ0n) is 13.7. The van der Waals surface area contributed by atoms with Crippen LogP contribution in [0, 0.1) is 5.41 Å². The number of fused-ring (bicyclic) bond motifs is 1. The van der Waals surface area contributed by atoms with Crippen molar-refractivity contribution in [2.45, 2.75) is 64.3 Å². The Morgan fingerprint density at radius 1 is 1.05 bits per heavy atom. The summed E-state index contributed by atoms with van der Waals surface area (Å²) in [7, 11) is 0. The molecule has 1 heterocycles. The number of para-hydroxylation sites is 1. The van der Waals surface area contributed by atoms with Crippen LogP contribution in [-0.2, 0) is 6.42 Å². The van der Waals surface area contributed by atoms with Crippen molar-refractivity contribution in [2.75, 3.05) is 18.0 Å². The van der Waals surface area contributed by atoms with E-state index in [0.717, 1.165) is 13.1 Å². The van der Waals surface area contributed by atoms with E-state index < -0.39 is 0 Å². The molecule has 1 unspecified atom stereocenters. The molecule has 0 spiro atoms. The van der Waals surface area contributed by atoms with Gasteiger partial charge in [0.1, 0.15) is 0 Å². The van der Waals surface area contributed by atoms with E-state index in [9.17, 15) is 0 Å². The van der Waals surface area contributed by atoms with Gasteiger partial charge in [0.25, 0.3) is 0 Å². The van der Waals surface area contributed by atoms with Gasteiger partial charge in [-0.1, -0.05) is 44.9 Å². The third-order valence-electron chi connectivity index (χ3n) is 6.12. The SMILES string of the molecule is CC1(C)CCCCC1(CN)N1CCCCc2ccccc21. The smallest absolute Gasteiger partial charge is 0.0574 e. The summed E-state index contributed by atoms with van der Waals surface area (Å²) >= 11 is 0. The Morgan fingerprint density at radius 3 is 2.57 bits per heavy atom. The van der Waals surface area contributed by atoms with Crippen molar-refractivity contribution >= 4 is 5.69 Å². The van der Waals surface area contributed by atoms with Gasteiger partial charge in [-0.05, 0) is 49.1 Å². The maximum Gasteiger partial charge on any atom is 0.0574 e. The molecule has 3 rings (SSSR count). The summed E-state index contributed by atoms with van der Waals surface area (Å²) in [5.41, 5.74) is 9.80. The topological polar surface area (TPSA) is 29.3 Å². The zero-order valence-corrected chi connectivity index (χ0v) is 13.7. The zero-order chi connectivity index (χ0) is 14.9. The van der Waals surface area contributed by atoms with Crippen molar-refractivity contribution in [3.8, 4) is 0 Å². The van der Waals surface area contributed by atoms with Crippen molar-refractivity contribution in [3.05, 3.63) is 29.8 Å². The third-order valence-corrected chi connectivity index (χ3v) is 6.12. The van der Waals surface area contributed by atoms with Gasteiger partial charge in [0.15, 0.2) is 0 Å². The number of anilines is 1. The molecule has 2 heteroatoms. The summed E-state index contributed by atoms with van der Waals surface area (Å²) < 4.78 is 0. The van der Waals surface area contributed by atoms with Crippen molar-refractivity contribution in [1.82, 2.24) is 0 Å². The number of benzene rings is 1. The fraction of sp³-hybridized carbons (Fsp3) is 0.684. The summed E-state index contributed by atoms with van der Waals surface area (Å²) in [5, 5.41) is 0. The van der Waals surface area contributed by atoms with Crippen molar-refractivity contribution < 1.29 is 0 Å². The molecule has 1 saturated carbocycles. The molecule has 1 aromatic rings. The summed E-state index contributed by atoms with van der Waals surface area (Å²) in [6.45, 7) is 6.81. The molecular weight excluding hydrogens is 256 g/mol. The Hall–Kier alpha value is -1.02. The van der Waals surface area contributed by atoms with Crippen LogP contribution >= 0.6 is 0 Å². The average Bonchev–Trinajstić information content (AvgIpc) is 2.70. The second kappa shape index (κ2) is 5.64. The average molecular weight is 286 g/mol. The number of hydrogen-bond acceptors (Lipinski definition) is 2. The Balaban J connectivity index is 2.08. The van der Waals surface area contributed by atoms with Crippen LogP contribution in [0.25, 0.3) is 0 Å². The molecule has 116 valence electrons. The Bertz CT molecular complexity index is 494. The quantitative estimate of drug-likeness (QED) is 0.886. The van der Waals surface area contributed by atoms with E-state index in [2.05, 4.69) is 43.0 Å². The molecule has 0 bridgehead atoms. The highest BCUT2D eigenvalue weighted by atomic mass is 15.2. The Kier molecular flexibility index (Phi) is 4.00. The predicted molar refractivity (Wildman–Crippen MR) is 90.8 cm³/mol. The molecule has 1 atom stereocenters. The molecule has 0 radical (unpaired) electrons. The van der Waals surface area contributed by atoms with Gasteiger partial charge in [-0.3, -0.25) is 0 Å². The first-order valence-electron chi connectivity index (χ1n) is 8.66. The minimum absolute atomic E-state index is 0.131. The summed E-state index contributed by atoms with van der Waals surface area (Å²) in [4.78, 5) is 2.70. The lowest BCUT2D eigenvalue weighted by Gasteiger charge is -2.57. The highest BCUT2D eigenvalue weighted by Crippen LogP contribution is 2.49. The van der Waals surface area contributed by atoms with Crippen LogP contribution in [0.2, 0.25) is 0 Å². The molecule has 1 aliphatic carbocycles. The summed E-state index contributed by atoms with van der Waals surface area (Å²) in [6.07, 6.45) is 9.01. The van der Waals surface area contributed by atoms with Crippen molar-refractivity contribution in [1.29, 1.82) is 0 Å². The summed E-state index contributed by atoms with van der Waals surface area (Å²) in [5.74, 6) is 0. The third kappa shape index (κ3) is 2.38. The van der Waals surface area contributed by atoms with Gasteiger partial charge in [-0.15, -0.1) is 0 Å². The van der Waals surface area contributed by atoms with Gasteiger partial charge in [-0.25, -0.2) is 0 Å². The molecule has 1 fully saturated rings. The fourth-order valence-electron chi connectivity index (χ4n) is 4.68. The largest absolute Gasteiger partial charge is 0.364 e. The Morgan fingerprint density at radius 2 is 1.81 bits per heavy atom. The first-order valence-corrected chi connectivity index (χ1v) is 8.66. The van der Waals surface area contributed by atoms with Crippen LogP contribution < -0.4 is 10.6 Å². The lowest BCUT2D eigenvalue weighted by molar-refractivity contribution is 0.0960. The van der Waals surface area contributed by atoms with Crippen LogP contribution in [-0.4, -0.2) is 18.6 Å². The van der Waals surface area contributed by atoms with Crippen LogP contribution in [0.3, 0.4) is 0 Å². The summed E-state index contributed by atoms with van der Waals surface area (Å²) in [6, 6.07) is 9.01. The van der Waals surface area contributed by atoms with Gasteiger partial charge >= 0.3 is 0 Å². The van der Waals surface area contributed by atoms with E-state index in [1.54, 1.807) is 0 Å². The van der Waals surface area contributed by atoms with Gasteiger partial charge in [0.2, 0.25) is 0 Å². The van der Waals surface area contributed by atoms with Crippen LogP contribution in [0.15, 0.2) is 24.3 Å². The highest BCUT2D eigenvalue weighted by molar-refractivity contribution is 5.57. The maximum absolute atomic E-state index is 6.41. The molecule has 2 aliphatic rings. The van der Waals surface area contributed by atoms with Crippen molar-refractivity contribution in [3.63, 3.8) is 0 Å². The molecule has 1 aromatic carbocycles. The number of nitrogens with zero attached hydrogens (tertiary/aromatic N) is 1. The predicted octanol–water partition coefficient (Wildman–Crippen LogP) is 4.13. The molecular formula is C19H30N2. The van der Waals surface area contributed by atoms with Gasteiger partial charge in [0, 0.05) is 18.8 Å². The minimum Gasteiger partial charge on any atom is -0.364 e. The Labute approximate surface area is 129 Å². The first-order chi connectivity index (χ1) is 10.1. The van der Waals surface area contributed by atoms with E-state index in [1.165, 1.54) is 56.2 Å². The fourth-order valence-corrected chi connectivity index (χ4v) is 4.68. The van der Waals surface area contributed by atoms with E-state index in [-0.39, 0.29) is 11.0 Å². The van der Waals surface area contributed by atoms with E-state index in [1.807, 2.05) is 0 Å². The van der Waals surface area contributed by atoms with E-state index >= 15 is 0 Å². The van der Waals surface area contributed by atoms with Crippen LogP contribution in [0.1, 0.15) is 57.9 Å². The molecule has 0 aromatic heterocycles. The minimum atomic E-state index is 0.131. The standard InChI is InChI=1S/C19H30N2/c1-18(2)12-6-7-13-19(18,15-20)21-14-8-5-10-16-9-3-4-11-17(16)21/h3-4,9,11H,5-8,10,12-15,20H2,1-2H3. The van der Waals surface area contributed by atoms with Crippen molar-refractivity contribution in [2.24, 2.45) is 11.1 Å². The van der Waals surface area contributed by atoms with E-state index in [4.69, 9.17) is 5.73 Å². The lowest BCUT2D eigenvalue weighted by Crippen LogP contribution is -2.64. The second-order valence-corrected chi connectivity index (χ2v) is 7.56. The monoisotopic (exact) mass is 286 g/mol. The highest BCUT2D eigenvalue weighted by Gasteiger charge is 2.50. The molecule has 2 nitrogen and oxygen atoms in total. The second-order valence-electron chi connectivity index (χ2n) is 7.56. The number of hydrogen-bond donors (Lipinski definition) is 1. The molecule has 0 saturated heterocycles. The number of rotatable bonds is 2. The molecule has 1 aliphatic heterocycles.